The fourth-order valence-electron chi connectivity index (χ4n) is 3.71. The topological polar surface area (TPSA) is 72.9 Å². The molecule has 1 aliphatic heterocycles. The molecule has 1 atom stereocenters. The molecule has 1 aliphatic rings. The Labute approximate surface area is 153 Å². The van der Waals surface area contributed by atoms with Crippen molar-refractivity contribution in [1.82, 2.24) is 14.9 Å². The summed E-state index contributed by atoms with van der Waals surface area (Å²) < 4.78 is 2.14. The van der Waals surface area contributed by atoms with E-state index >= 15 is 0 Å². The van der Waals surface area contributed by atoms with Crippen LogP contribution in [0.3, 0.4) is 0 Å². The Morgan fingerprint density at radius 1 is 1.19 bits per heavy atom. The van der Waals surface area contributed by atoms with Crippen LogP contribution in [-0.4, -0.2) is 22.0 Å². The number of nitrogens with one attached hydrogen (secondary N) is 1. The van der Waals surface area contributed by atoms with E-state index in [1.807, 2.05) is 18.2 Å². The Kier molecular flexibility index (Phi) is 4.24. The van der Waals surface area contributed by atoms with E-state index in [0.29, 0.717) is 24.6 Å². The maximum absolute atomic E-state index is 12.3. The van der Waals surface area contributed by atoms with Gasteiger partial charge in [-0.2, -0.15) is 0 Å². The lowest BCUT2D eigenvalue weighted by Crippen LogP contribution is -2.24. The Morgan fingerprint density at radius 3 is 2.69 bits per heavy atom. The molecule has 0 bridgehead atoms. The molecule has 0 radical (unpaired) electrons. The average Bonchev–Trinajstić information content (AvgIpc) is 2.90. The maximum atomic E-state index is 12.3. The Morgan fingerprint density at radius 2 is 1.96 bits per heavy atom. The SMILES string of the molecule is CC(C)CC(N)c1ccc(-c2nc3cccc4c3n2CCNC4=O)cc1. The van der Waals surface area contributed by atoms with Gasteiger partial charge in [-0.3, -0.25) is 4.79 Å². The third-order valence-corrected chi connectivity index (χ3v) is 4.95. The largest absolute Gasteiger partial charge is 0.350 e. The Bertz CT molecular complexity index is 956. The third kappa shape index (κ3) is 2.88. The zero-order chi connectivity index (χ0) is 18.3. The number of aromatic nitrogens is 2. The first-order valence-electron chi connectivity index (χ1n) is 9.18. The molecule has 0 saturated carbocycles. The second-order valence-corrected chi connectivity index (χ2v) is 7.37. The molecule has 1 aromatic heterocycles. The number of nitrogens with zero attached hydrogens (tertiary/aromatic N) is 2. The van der Waals surface area contributed by atoms with Crippen LogP contribution >= 0.6 is 0 Å². The van der Waals surface area contributed by atoms with Crippen LogP contribution in [-0.2, 0) is 6.54 Å². The van der Waals surface area contributed by atoms with Gasteiger partial charge in [0.15, 0.2) is 0 Å². The van der Waals surface area contributed by atoms with Crippen LogP contribution in [0.15, 0.2) is 42.5 Å². The van der Waals surface area contributed by atoms with Gasteiger partial charge in [0.1, 0.15) is 5.82 Å². The van der Waals surface area contributed by atoms with Crippen LogP contribution in [0.5, 0.6) is 0 Å². The monoisotopic (exact) mass is 348 g/mol. The van der Waals surface area contributed by atoms with Gasteiger partial charge >= 0.3 is 0 Å². The van der Waals surface area contributed by atoms with E-state index in [1.54, 1.807) is 0 Å². The summed E-state index contributed by atoms with van der Waals surface area (Å²) in [6, 6.07) is 14.1. The van der Waals surface area contributed by atoms with Crippen LogP contribution in [0.1, 0.15) is 42.2 Å². The van der Waals surface area contributed by atoms with E-state index in [9.17, 15) is 4.79 Å². The zero-order valence-electron chi connectivity index (χ0n) is 15.2. The molecule has 26 heavy (non-hydrogen) atoms. The first-order chi connectivity index (χ1) is 12.5. The molecule has 2 heterocycles. The second kappa shape index (κ2) is 6.57. The highest BCUT2D eigenvalue weighted by Crippen LogP contribution is 2.29. The minimum atomic E-state index is -0.0317. The summed E-state index contributed by atoms with van der Waals surface area (Å²) >= 11 is 0. The van der Waals surface area contributed by atoms with E-state index in [-0.39, 0.29) is 11.9 Å². The molecule has 1 amide bonds. The van der Waals surface area contributed by atoms with Gasteiger partial charge in [-0.25, -0.2) is 4.98 Å². The highest BCUT2D eigenvalue weighted by atomic mass is 16.1. The number of benzene rings is 2. The van der Waals surface area contributed by atoms with E-state index in [0.717, 1.165) is 34.4 Å². The lowest BCUT2D eigenvalue weighted by Gasteiger charge is -2.15. The van der Waals surface area contributed by atoms with Gasteiger partial charge in [-0.1, -0.05) is 44.2 Å². The molecular weight excluding hydrogens is 324 g/mol. The minimum absolute atomic E-state index is 0.0317. The number of hydrogen-bond donors (Lipinski definition) is 2. The standard InChI is InChI=1S/C21H24N4O/c1-13(2)12-17(22)14-6-8-15(9-7-14)20-24-18-5-3-4-16-19(18)25(20)11-10-23-21(16)26/h3-9,13,17H,10-12,22H2,1-2H3,(H,23,26). The van der Waals surface area contributed by atoms with Gasteiger partial charge in [0.2, 0.25) is 0 Å². The van der Waals surface area contributed by atoms with Gasteiger partial charge in [-0.05, 0) is 30.0 Å². The number of para-hydroxylation sites is 1. The fourth-order valence-corrected chi connectivity index (χ4v) is 3.71. The van der Waals surface area contributed by atoms with Crippen molar-refractivity contribution in [3.05, 3.63) is 53.6 Å². The molecule has 4 rings (SSSR count). The summed E-state index contributed by atoms with van der Waals surface area (Å²) in [5.41, 5.74) is 10.9. The van der Waals surface area contributed by atoms with Crippen LogP contribution in [0.4, 0.5) is 0 Å². The summed E-state index contributed by atoms with van der Waals surface area (Å²) in [5.74, 6) is 1.43. The van der Waals surface area contributed by atoms with Crippen LogP contribution in [0.25, 0.3) is 22.4 Å². The van der Waals surface area contributed by atoms with Crippen molar-refractivity contribution in [2.45, 2.75) is 32.9 Å². The van der Waals surface area contributed by atoms with Crippen molar-refractivity contribution in [3.63, 3.8) is 0 Å². The molecule has 0 saturated heterocycles. The van der Waals surface area contributed by atoms with E-state index in [4.69, 9.17) is 10.7 Å². The van der Waals surface area contributed by atoms with Crippen molar-refractivity contribution >= 4 is 16.9 Å². The smallest absolute Gasteiger partial charge is 0.253 e. The van der Waals surface area contributed by atoms with Gasteiger partial charge < -0.3 is 15.6 Å². The molecule has 2 aromatic carbocycles. The van der Waals surface area contributed by atoms with Crippen LogP contribution in [0, 0.1) is 5.92 Å². The Hall–Kier alpha value is -2.66. The summed E-state index contributed by atoms with van der Waals surface area (Å²) in [4.78, 5) is 17.1. The molecule has 1 unspecified atom stereocenters. The van der Waals surface area contributed by atoms with Crippen molar-refractivity contribution in [3.8, 4) is 11.4 Å². The number of imidazole rings is 1. The molecule has 134 valence electrons. The highest BCUT2D eigenvalue weighted by Gasteiger charge is 2.21. The minimum Gasteiger partial charge on any atom is -0.350 e. The predicted octanol–water partition coefficient (Wildman–Crippen LogP) is 3.49. The molecule has 5 nitrogen and oxygen atoms in total. The van der Waals surface area contributed by atoms with Crippen molar-refractivity contribution in [1.29, 1.82) is 0 Å². The van der Waals surface area contributed by atoms with Crippen molar-refractivity contribution in [2.75, 3.05) is 6.54 Å². The van der Waals surface area contributed by atoms with Crippen molar-refractivity contribution < 1.29 is 4.79 Å². The summed E-state index contributed by atoms with van der Waals surface area (Å²) in [7, 11) is 0. The van der Waals surface area contributed by atoms with Gasteiger partial charge in [0.05, 0.1) is 16.6 Å². The number of rotatable bonds is 4. The zero-order valence-corrected chi connectivity index (χ0v) is 15.2. The average molecular weight is 348 g/mol. The van der Waals surface area contributed by atoms with E-state index < -0.39 is 0 Å². The van der Waals surface area contributed by atoms with E-state index in [1.165, 1.54) is 0 Å². The van der Waals surface area contributed by atoms with Gasteiger partial charge in [-0.15, -0.1) is 0 Å². The van der Waals surface area contributed by atoms with Gasteiger partial charge in [0, 0.05) is 24.7 Å². The predicted molar refractivity (Wildman–Crippen MR) is 104 cm³/mol. The van der Waals surface area contributed by atoms with Crippen molar-refractivity contribution in [2.24, 2.45) is 11.7 Å². The fraction of sp³-hybridized carbons (Fsp3) is 0.333. The lowest BCUT2D eigenvalue weighted by atomic mass is 9.97. The Balaban J connectivity index is 1.76. The summed E-state index contributed by atoms with van der Waals surface area (Å²) in [6.07, 6.45) is 0.967. The van der Waals surface area contributed by atoms with E-state index in [2.05, 4.69) is 48.0 Å². The summed E-state index contributed by atoms with van der Waals surface area (Å²) in [5, 5.41) is 2.95. The maximum Gasteiger partial charge on any atom is 0.253 e. The normalized spacial score (nSPS) is 15.2. The van der Waals surface area contributed by atoms with Crippen LogP contribution < -0.4 is 11.1 Å². The number of nitrogens with two attached hydrogens (primary N) is 1. The molecule has 0 fully saturated rings. The molecule has 5 heteroatoms. The molecular formula is C21H24N4O. The number of carbonyl (C=O) groups excluding carboxylic acids is 1. The molecule has 3 aromatic rings. The molecule has 3 N–H and O–H groups in total. The lowest BCUT2D eigenvalue weighted by molar-refractivity contribution is 0.0956. The molecule has 0 spiro atoms. The highest BCUT2D eigenvalue weighted by molar-refractivity contribution is 6.06. The second-order valence-electron chi connectivity index (χ2n) is 7.37. The number of hydrogen-bond acceptors (Lipinski definition) is 3. The first-order valence-corrected chi connectivity index (χ1v) is 9.18. The molecule has 0 aliphatic carbocycles. The summed E-state index contributed by atoms with van der Waals surface area (Å²) in [6.45, 7) is 5.68. The van der Waals surface area contributed by atoms with Gasteiger partial charge in [0.25, 0.3) is 5.91 Å². The third-order valence-electron chi connectivity index (χ3n) is 4.95. The number of carbonyl (C=O) groups is 1. The van der Waals surface area contributed by atoms with Crippen LogP contribution in [0.2, 0.25) is 0 Å². The number of amides is 1. The first kappa shape index (κ1) is 16.8. The quantitative estimate of drug-likeness (QED) is 0.758.